The van der Waals surface area contributed by atoms with Gasteiger partial charge in [-0.05, 0) is 38.4 Å². The average Bonchev–Trinajstić information content (AvgIpc) is 3.22. The number of carbonyl (C=O) groups excluding carboxylic acids is 2. The monoisotopic (exact) mass is 343 g/mol. The summed E-state index contributed by atoms with van der Waals surface area (Å²) in [5, 5.41) is 6.39. The van der Waals surface area contributed by atoms with Crippen LogP contribution >= 0.6 is 23.2 Å². The molecule has 22 heavy (non-hydrogen) atoms. The maximum absolute atomic E-state index is 12.1. The van der Waals surface area contributed by atoms with Crippen LogP contribution in [0.1, 0.15) is 18.4 Å². The zero-order chi connectivity index (χ0) is 16.3. The van der Waals surface area contributed by atoms with Crippen LogP contribution in [0.25, 0.3) is 0 Å². The topological polar surface area (TPSA) is 61.4 Å². The molecule has 0 spiro atoms. The number of halogens is 2. The molecule has 1 aliphatic rings. The molecule has 0 heterocycles. The van der Waals surface area contributed by atoms with Crippen LogP contribution in [-0.4, -0.2) is 42.9 Å². The van der Waals surface area contributed by atoms with Crippen LogP contribution in [-0.2, 0) is 9.59 Å². The lowest BCUT2D eigenvalue weighted by Gasteiger charge is -2.17. The van der Waals surface area contributed by atoms with Gasteiger partial charge in [-0.15, -0.1) is 0 Å². The first-order valence-electron chi connectivity index (χ1n) is 7.09. The van der Waals surface area contributed by atoms with E-state index in [1.165, 1.54) is 0 Å². The van der Waals surface area contributed by atoms with E-state index in [9.17, 15) is 9.59 Å². The zero-order valence-corrected chi connectivity index (χ0v) is 14.1. The van der Waals surface area contributed by atoms with Gasteiger partial charge in [-0.1, -0.05) is 29.3 Å². The molecular formula is C15H19Cl2N3O2. The predicted octanol–water partition coefficient (Wildman–Crippen LogP) is 2.45. The van der Waals surface area contributed by atoms with Crippen LogP contribution in [0.15, 0.2) is 12.1 Å². The van der Waals surface area contributed by atoms with E-state index in [2.05, 4.69) is 10.6 Å². The van der Waals surface area contributed by atoms with Crippen LogP contribution in [0.2, 0.25) is 10.0 Å². The molecule has 1 aromatic carbocycles. The van der Waals surface area contributed by atoms with Crippen molar-refractivity contribution in [1.29, 1.82) is 0 Å². The smallest absolute Gasteiger partial charge is 0.238 e. The van der Waals surface area contributed by atoms with Gasteiger partial charge < -0.3 is 10.6 Å². The number of aryl methyl sites for hydroxylation is 1. The first-order valence-corrected chi connectivity index (χ1v) is 7.84. The molecule has 0 bridgehead atoms. The summed E-state index contributed by atoms with van der Waals surface area (Å²) in [5.74, 6) is -0.333. The lowest BCUT2D eigenvalue weighted by molar-refractivity contribution is -0.123. The minimum Gasteiger partial charge on any atom is -0.352 e. The minimum atomic E-state index is -0.267. The Morgan fingerprint density at radius 1 is 1.23 bits per heavy atom. The van der Waals surface area contributed by atoms with Crippen LogP contribution in [0.5, 0.6) is 0 Å². The number of hydrogen-bond acceptors (Lipinski definition) is 3. The third kappa shape index (κ3) is 4.87. The van der Waals surface area contributed by atoms with Gasteiger partial charge in [0.2, 0.25) is 11.8 Å². The van der Waals surface area contributed by atoms with Crippen molar-refractivity contribution in [1.82, 2.24) is 10.2 Å². The summed E-state index contributed by atoms with van der Waals surface area (Å²) in [5.41, 5.74) is 1.24. The summed E-state index contributed by atoms with van der Waals surface area (Å²) in [4.78, 5) is 25.4. The van der Waals surface area contributed by atoms with Crippen molar-refractivity contribution in [2.75, 3.05) is 25.5 Å². The second kappa shape index (κ2) is 7.31. The van der Waals surface area contributed by atoms with Crippen LogP contribution < -0.4 is 10.6 Å². The van der Waals surface area contributed by atoms with Crippen LogP contribution in [0.4, 0.5) is 5.69 Å². The Morgan fingerprint density at radius 3 is 2.50 bits per heavy atom. The Labute approximate surface area is 139 Å². The van der Waals surface area contributed by atoms with E-state index in [1.807, 2.05) is 6.92 Å². The number of nitrogens with zero attached hydrogens (tertiary/aromatic N) is 1. The minimum absolute atomic E-state index is 0.0654. The maximum Gasteiger partial charge on any atom is 0.238 e. The number of amides is 2. The van der Waals surface area contributed by atoms with Crippen LogP contribution in [0.3, 0.4) is 0 Å². The van der Waals surface area contributed by atoms with Gasteiger partial charge in [0.1, 0.15) is 0 Å². The van der Waals surface area contributed by atoms with Crippen molar-refractivity contribution < 1.29 is 9.59 Å². The highest BCUT2D eigenvalue weighted by Gasteiger charge is 2.23. The number of anilines is 1. The molecule has 7 heteroatoms. The predicted molar refractivity (Wildman–Crippen MR) is 88.5 cm³/mol. The van der Waals surface area contributed by atoms with Gasteiger partial charge >= 0.3 is 0 Å². The largest absolute Gasteiger partial charge is 0.352 e. The average molecular weight is 344 g/mol. The summed E-state index contributed by atoms with van der Waals surface area (Å²) < 4.78 is 0. The molecule has 120 valence electrons. The molecule has 1 saturated carbocycles. The SMILES string of the molecule is Cc1ccc(Cl)c(NC(=O)CN(C)CC(=O)NC2CC2)c1Cl. The van der Waals surface area contributed by atoms with Gasteiger partial charge in [-0.2, -0.15) is 0 Å². The van der Waals surface area contributed by atoms with Gasteiger partial charge in [0.05, 0.1) is 28.8 Å². The van der Waals surface area contributed by atoms with Gasteiger partial charge in [0.15, 0.2) is 0 Å². The molecule has 0 saturated heterocycles. The number of rotatable bonds is 6. The Hall–Kier alpha value is -1.30. The van der Waals surface area contributed by atoms with Gasteiger partial charge in [-0.3, -0.25) is 14.5 Å². The highest BCUT2D eigenvalue weighted by atomic mass is 35.5. The fraction of sp³-hybridized carbons (Fsp3) is 0.467. The number of carbonyl (C=O) groups is 2. The number of benzene rings is 1. The number of hydrogen-bond donors (Lipinski definition) is 2. The zero-order valence-electron chi connectivity index (χ0n) is 12.6. The fourth-order valence-corrected chi connectivity index (χ4v) is 2.46. The molecule has 0 unspecified atom stereocenters. The Bertz CT molecular complexity index is 588. The van der Waals surface area contributed by atoms with Gasteiger partial charge in [0, 0.05) is 6.04 Å². The molecule has 2 amide bonds. The van der Waals surface area contributed by atoms with Crippen LogP contribution in [0, 0.1) is 6.92 Å². The van der Waals surface area contributed by atoms with Crippen molar-refractivity contribution in [3.63, 3.8) is 0 Å². The van der Waals surface area contributed by atoms with Crippen molar-refractivity contribution in [2.45, 2.75) is 25.8 Å². The number of likely N-dealkylation sites (N-methyl/N-ethyl adjacent to an activating group) is 1. The number of nitrogens with one attached hydrogen (secondary N) is 2. The Balaban J connectivity index is 1.86. The Morgan fingerprint density at radius 2 is 1.86 bits per heavy atom. The summed E-state index contributed by atoms with van der Waals surface area (Å²) in [6, 6.07) is 3.79. The molecule has 1 aromatic rings. The molecule has 0 aromatic heterocycles. The molecule has 2 rings (SSSR count). The van der Waals surface area contributed by atoms with E-state index in [1.54, 1.807) is 24.1 Å². The summed E-state index contributed by atoms with van der Waals surface area (Å²) in [6.45, 7) is 2.10. The maximum atomic E-state index is 12.1. The van der Waals surface area contributed by atoms with Crippen molar-refractivity contribution in [2.24, 2.45) is 0 Å². The molecular weight excluding hydrogens is 325 g/mol. The first kappa shape index (κ1) is 17.1. The Kier molecular flexibility index (Phi) is 5.67. The van der Waals surface area contributed by atoms with Crippen molar-refractivity contribution in [3.8, 4) is 0 Å². The summed E-state index contributed by atoms with van der Waals surface area (Å²) in [7, 11) is 1.71. The first-order chi connectivity index (χ1) is 10.4. The summed E-state index contributed by atoms with van der Waals surface area (Å²) >= 11 is 12.2. The van der Waals surface area contributed by atoms with E-state index in [0.717, 1.165) is 18.4 Å². The van der Waals surface area contributed by atoms with Gasteiger partial charge in [-0.25, -0.2) is 0 Å². The molecule has 0 aliphatic heterocycles. The van der Waals surface area contributed by atoms with E-state index < -0.39 is 0 Å². The quantitative estimate of drug-likeness (QED) is 0.833. The normalized spacial score (nSPS) is 14.0. The van der Waals surface area contributed by atoms with E-state index >= 15 is 0 Å². The molecule has 0 atom stereocenters. The molecule has 2 N–H and O–H groups in total. The second-order valence-corrected chi connectivity index (χ2v) is 6.40. The highest BCUT2D eigenvalue weighted by Crippen LogP contribution is 2.32. The van der Waals surface area contributed by atoms with Gasteiger partial charge in [0.25, 0.3) is 0 Å². The summed E-state index contributed by atoms with van der Waals surface area (Å²) in [6.07, 6.45) is 2.08. The third-order valence-electron chi connectivity index (χ3n) is 3.32. The van der Waals surface area contributed by atoms with E-state index in [0.29, 0.717) is 21.8 Å². The second-order valence-electron chi connectivity index (χ2n) is 5.62. The lowest BCUT2D eigenvalue weighted by atomic mass is 10.2. The molecule has 1 fully saturated rings. The highest BCUT2D eigenvalue weighted by molar-refractivity contribution is 6.40. The van der Waals surface area contributed by atoms with Crippen molar-refractivity contribution in [3.05, 3.63) is 27.7 Å². The lowest BCUT2D eigenvalue weighted by Crippen LogP contribution is -2.39. The standard InChI is InChI=1S/C15H19Cl2N3O2/c1-9-3-6-11(16)15(14(9)17)19-13(22)8-20(2)7-12(21)18-10-4-5-10/h3,6,10H,4-5,7-8H2,1-2H3,(H,18,21)(H,19,22). The molecule has 1 aliphatic carbocycles. The third-order valence-corrected chi connectivity index (χ3v) is 4.12. The fourth-order valence-electron chi connectivity index (χ4n) is 2.00. The molecule has 5 nitrogen and oxygen atoms in total. The van der Waals surface area contributed by atoms with Crippen molar-refractivity contribution >= 4 is 40.7 Å². The molecule has 0 radical (unpaired) electrons. The van der Waals surface area contributed by atoms with E-state index in [-0.39, 0.29) is 24.9 Å². The van der Waals surface area contributed by atoms with E-state index in [4.69, 9.17) is 23.2 Å².